The highest BCUT2D eigenvalue weighted by Gasteiger charge is 2.28. The van der Waals surface area contributed by atoms with Crippen LogP contribution < -0.4 is 9.73 Å². The van der Waals surface area contributed by atoms with Gasteiger partial charge < -0.3 is 5.11 Å². The summed E-state index contributed by atoms with van der Waals surface area (Å²) in [5, 5.41) is 14.0. The normalized spacial score (nSPS) is 11.8. The summed E-state index contributed by atoms with van der Waals surface area (Å²) in [6.45, 7) is 4.89. The van der Waals surface area contributed by atoms with Crippen molar-refractivity contribution in [3.05, 3.63) is 89.5 Å². The molecule has 1 amide bonds. The lowest BCUT2D eigenvalue weighted by atomic mass is 10.1. The molecular formula is C24H25N3O4S. The van der Waals surface area contributed by atoms with E-state index in [9.17, 15) is 18.3 Å². The van der Waals surface area contributed by atoms with Gasteiger partial charge in [0.05, 0.1) is 16.3 Å². The number of nitrogens with one attached hydrogen (secondary N) is 1. The Morgan fingerprint density at radius 1 is 1.00 bits per heavy atom. The smallest absolute Gasteiger partial charge is 0.264 e. The van der Waals surface area contributed by atoms with Gasteiger partial charge in [-0.2, -0.15) is 5.10 Å². The van der Waals surface area contributed by atoms with Crippen LogP contribution in [-0.4, -0.2) is 31.7 Å². The van der Waals surface area contributed by atoms with E-state index >= 15 is 0 Å². The Bertz CT molecular complexity index is 1260. The third kappa shape index (κ3) is 5.15. The molecule has 0 bridgehead atoms. The first-order chi connectivity index (χ1) is 15.2. The number of sulfonamides is 1. The van der Waals surface area contributed by atoms with Crippen molar-refractivity contribution in [1.29, 1.82) is 0 Å². The van der Waals surface area contributed by atoms with E-state index in [0.717, 1.165) is 15.4 Å². The van der Waals surface area contributed by atoms with Crippen LogP contribution in [0.4, 0.5) is 5.69 Å². The summed E-state index contributed by atoms with van der Waals surface area (Å²) in [4.78, 5) is 12.8. The number of hydrazone groups is 1. The van der Waals surface area contributed by atoms with Crippen LogP contribution in [0.15, 0.2) is 82.8 Å². The third-order valence-corrected chi connectivity index (χ3v) is 6.66. The molecule has 166 valence electrons. The van der Waals surface area contributed by atoms with Crippen molar-refractivity contribution in [2.24, 2.45) is 5.10 Å². The summed E-state index contributed by atoms with van der Waals surface area (Å²) in [5.41, 5.74) is 5.38. The largest absolute Gasteiger partial charge is 0.507 e. The van der Waals surface area contributed by atoms with Gasteiger partial charge in [0.15, 0.2) is 0 Å². The fourth-order valence-corrected chi connectivity index (χ4v) is 4.76. The van der Waals surface area contributed by atoms with E-state index in [4.69, 9.17) is 0 Å². The van der Waals surface area contributed by atoms with E-state index in [2.05, 4.69) is 10.5 Å². The summed E-state index contributed by atoms with van der Waals surface area (Å²) >= 11 is 0. The van der Waals surface area contributed by atoms with Crippen molar-refractivity contribution >= 4 is 27.3 Å². The maximum atomic E-state index is 13.4. The number of benzene rings is 3. The van der Waals surface area contributed by atoms with Crippen LogP contribution in [0.2, 0.25) is 0 Å². The van der Waals surface area contributed by atoms with Crippen LogP contribution in [0.5, 0.6) is 5.75 Å². The number of rotatable bonds is 7. The number of aromatic hydroxyl groups is 1. The lowest BCUT2D eigenvalue weighted by Gasteiger charge is -2.25. The Hall–Kier alpha value is -3.65. The molecule has 0 aliphatic heterocycles. The zero-order valence-electron chi connectivity index (χ0n) is 18.1. The van der Waals surface area contributed by atoms with Crippen LogP contribution in [0.25, 0.3) is 0 Å². The number of amides is 1. The summed E-state index contributed by atoms with van der Waals surface area (Å²) in [6.07, 6.45) is 0. The second kappa shape index (κ2) is 9.65. The van der Waals surface area contributed by atoms with Crippen molar-refractivity contribution in [3.8, 4) is 5.75 Å². The number of phenolic OH excluding ortho intramolecular Hbond substituents is 1. The Kier molecular flexibility index (Phi) is 6.95. The lowest BCUT2D eigenvalue weighted by Crippen LogP contribution is -2.40. The minimum atomic E-state index is -4.00. The molecule has 0 unspecified atom stereocenters. The van der Waals surface area contributed by atoms with Gasteiger partial charge >= 0.3 is 0 Å². The van der Waals surface area contributed by atoms with E-state index in [-0.39, 0.29) is 10.6 Å². The first kappa shape index (κ1) is 23.0. The number of phenols is 1. The second-order valence-corrected chi connectivity index (χ2v) is 9.23. The molecule has 0 aliphatic carbocycles. The Morgan fingerprint density at radius 2 is 1.66 bits per heavy atom. The number of hydrogen-bond donors (Lipinski definition) is 2. The number of para-hydroxylation sites is 1. The number of carbonyl (C=O) groups excluding carboxylic acids is 1. The van der Waals surface area contributed by atoms with Gasteiger partial charge in [-0.05, 0) is 56.7 Å². The zero-order valence-corrected chi connectivity index (χ0v) is 18.9. The average molecular weight is 452 g/mol. The minimum absolute atomic E-state index is 0.0339. The van der Waals surface area contributed by atoms with Gasteiger partial charge in [0.25, 0.3) is 15.9 Å². The molecule has 0 radical (unpaired) electrons. The Balaban J connectivity index is 1.91. The average Bonchev–Trinajstić information content (AvgIpc) is 2.77. The maximum Gasteiger partial charge on any atom is 0.264 e. The summed E-state index contributed by atoms with van der Waals surface area (Å²) in [5.74, 6) is -0.578. The molecule has 3 rings (SSSR count). The van der Waals surface area contributed by atoms with Gasteiger partial charge in [0, 0.05) is 5.56 Å². The molecule has 0 saturated carbocycles. The van der Waals surface area contributed by atoms with Crippen molar-refractivity contribution in [1.82, 2.24) is 5.43 Å². The van der Waals surface area contributed by atoms with E-state index in [1.807, 2.05) is 13.0 Å². The topological polar surface area (TPSA) is 99.1 Å². The zero-order chi connectivity index (χ0) is 23.3. The molecule has 7 nitrogen and oxygen atoms in total. The van der Waals surface area contributed by atoms with Crippen LogP contribution in [-0.2, 0) is 14.8 Å². The highest BCUT2D eigenvalue weighted by atomic mass is 32.2. The van der Waals surface area contributed by atoms with Crippen molar-refractivity contribution < 1.29 is 18.3 Å². The summed E-state index contributed by atoms with van der Waals surface area (Å²) < 4.78 is 27.9. The predicted octanol–water partition coefficient (Wildman–Crippen LogP) is 3.74. The SMILES string of the molecule is C/C(=N/NC(=O)CN(c1ccc(C)cc1C)S(=O)(=O)c1ccccc1)c1ccccc1O. The molecule has 32 heavy (non-hydrogen) atoms. The number of anilines is 1. The fraction of sp³-hybridized carbons (Fsp3) is 0.167. The van der Waals surface area contributed by atoms with Crippen LogP contribution in [0.3, 0.4) is 0 Å². The Labute approximate surface area is 188 Å². The van der Waals surface area contributed by atoms with Crippen molar-refractivity contribution in [2.45, 2.75) is 25.7 Å². The molecule has 0 aromatic heterocycles. The molecule has 8 heteroatoms. The molecule has 0 heterocycles. The van der Waals surface area contributed by atoms with E-state index in [0.29, 0.717) is 17.0 Å². The molecule has 0 saturated heterocycles. The van der Waals surface area contributed by atoms with Gasteiger partial charge in [0.1, 0.15) is 12.3 Å². The Morgan fingerprint density at radius 3 is 2.31 bits per heavy atom. The summed E-state index contributed by atoms with van der Waals surface area (Å²) in [6, 6.07) is 19.9. The van der Waals surface area contributed by atoms with E-state index in [1.165, 1.54) is 18.2 Å². The van der Waals surface area contributed by atoms with Crippen molar-refractivity contribution in [3.63, 3.8) is 0 Å². The van der Waals surface area contributed by atoms with Gasteiger partial charge in [-0.3, -0.25) is 9.10 Å². The number of hydrogen-bond acceptors (Lipinski definition) is 5. The molecule has 0 spiro atoms. The predicted molar refractivity (Wildman–Crippen MR) is 125 cm³/mol. The quantitative estimate of drug-likeness (QED) is 0.422. The third-order valence-electron chi connectivity index (χ3n) is 4.88. The monoisotopic (exact) mass is 451 g/mol. The first-order valence-electron chi connectivity index (χ1n) is 9.96. The van der Waals surface area contributed by atoms with Crippen LogP contribution in [0, 0.1) is 13.8 Å². The van der Waals surface area contributed by atoms with E-state index in [1.54, 1.807) is 62.4 Å². The molecule has 3 aromatic carbocycles. The molecule has 3 aromatic rings. The molecule has 0 aliphatic rings. The van der Waals surface area contributed by atoms with Gasteiger partial charge in [0.2, 0.25) is 0 Å². The van der Waals surface area contributed by atoms with Gasteiger partial charge in [-0.1, -0.05) is 48.0 Å². The number of carbonyl (C=O) groups is 1. The summed E-state index contributed by atoms with van der Waals surface area (Å²) in [7, 11) is -4.00. The lowest BCUT2D eigenvalue weighted by molar-refractivity contribution is -0.119. The van der Waals surface area contributed by atoms with Gasteiger partial charge in [-0.25, -0.2) is 13.8 Å². The number of aryl methyl sites for hydroxylation is 2. The standard InChI is InChI=1S/C24H25N3O4S/c1-17-13-14-22(18(2)15-17)27(32(30,31)20-9-5-4-6-10-20)16-24(29)26-25-19(3)21-11-7-8-12-23(21)28/h4-15,28H,16H2,1-3H3,(H,26,29)/b25-19-. The maximum absolute atomic E-state index is 13.4. The molecular weight excluding hydrogens is 426 g/mol. The van der Waals surface area contributed by atoms with E-state index < -0.39 is 22.5 Å². The molecule has 0 fully saturated rings. The second-order valence-electron chi connectivity index (χ2n) is 7.36. The fourth-order valence-electron chi connectivity index (χ4n) is 3.26. The number of nitrogens with zero attached hydrogens (tertiary/aromatic N) is 2. The molecule has 0 atom stereocenters. The first-order valence-corrected chi connectivity index (χ1v) is 11.4. The molecule has 2 N–H and O–H groups in total. The van der Waals surface area contributed by atoms with Crippen LogP contribution in [0.1, 0.15) is 23.6 Å². The van der Waals surface area contributed by atoms with Gasteiger partial charge in [-0.15, -0.1) is 0 Å². The highest BCUT2D eigenvalue weighted by molar-refractivity contribution is 7.92. The van der Waals surface area contributed by atoms with Crippen molar-refractivity contribution in [2.75, 3.05) is 10.8 Å². The van der Waals surface area contributed by atoms with Crippen LogP contribution >= 0.6 is 0 Å². The highest BCUT2D eigenvalue weighted by Crippen LogP contribution is 2.27. The minimum Gasteiger partial charge on any atom is -0.507 e.